The van der Waals surface area contributed by atoms with Crippen LogP contribution in [0.3, 0.4) is 0 Å². The molecule has 0 spiro atoms. The molecular weight excluding hydrogens is 224 g/mol. The summed E-state index contributed by atoms with van der Waals surface area (Å²) >= 11 is 0. The maximum Gasteiger partial charge on any atom is 0.112 e. The normalized spacial score (nSPS) is 34.4. The molecule has 2 rings (SSSR count). The van der Waals surface area contributed by atoms with Crippen LogP contribution < -0.4 is 0 Å². The maximum atomic E-state index is 10.6. The topological polar surface area (TPSA) is 29.5 Å². The van der Waals surface area contributed by atoms with Crippen LogP contribution in [0.2, 0.25) is 0 Å². The molecule has 0 aliphatic heterocycles. The first-order chi connectivity index (χ1) is 8.45. The SMILES string of the molecule is C=C(/C=C1\C2=C(C)CCC[C@H]2CC[C@]1(C)O)OC. The fraction of sp³-hybridized carbons (Fsp3) is 0.625. The summed E-state index contributed by atoms with van der Waals surface area (Å²) in [4.78, 5) is 0. The van der Waals surface area contributed by atoms with E-state index < -0.39 is 5.60 Å². The van der Waals surface area contributed by atoms with E-state index in [0.29, 0.717) is 11.7 Å². The Morgan fingerprint density at radius 1 is 1.50 bits per heavy atom. The number of rotatable bonds is 2. The lowest BCUT2D eigenvalue weighted by Gasteiger charge is -2.41. The number of hydrogen-bond acceptors (Lipinski definition) is 2. The van der Waals surface area contributed by atoms with Gasteiger partial charge in [0.2, 0.25) is 0 Å². The predicted molar refractivity (Wildman–Crippen MR) is 74.1 cm³/mol. The first-order valence-corrected chi connectivity index (χ1v) is 6.83. The molecule has 0 aromatic heterocycles. The van der Waals surface area contributed by atoms with Crippen LogP contribution >= 0.6 is 0 Å². The zero-order chi connectivity index (χ0) is 13.3. The molecule has 18 heavy (non-hydrogen) atoms. The summed E-state index contributed by atoms with van der Waals surface area (Å²) in [6.45, 7) is 7.97. The van der Waals surface area contributed by atoms with E-state index in [4.69, 9.17) is 4.74 Å². The highest BCUT2D eigenvalue weighted by molar-refractivity contribution is 5.47. The molecule has 0 radical (unpaired) electrons. The third-order valence-electron chi connectivity index (χ3n) is 4.39. The summed E-state index contributed by atoms with van der Waals surface area (Å²) in [5.41, 5.74) is 3.09. The van der Waals surface area contributed by atoms with Gasteiger partial charge in [-0.2, -0.15) is 0 Å². The predicted octanol–water partition coefficient (Wildman–Crippen LogP) is 3.73. The smallest absolute Gasteiger partial charge is 0.112 e. The molecule has 1 saturated carbocycles. The number of ether oxygens (including phenoxy) is 1. The molecule has 0 amide bonds. The zero-order valence-corrected chi connectivity index (χ0v) is 11.8. The molecule has 0 aromatic rings. The van der Waals surface area contributed by atoms with E-state index in [1.54, 1.807) is 7.11 Å². The van der Waals surface area contributed by atoms with Crippen molar-refractivity contribution in [2.75, 3.05) is 7.11 Å². The van der Waals surface area contributed by atoms with Crippen molar-refractivity contribution in [3.63, 3.8) is 0 Å². The molecule has 2 aliphatic rings. The average molecular weight is 248 g/mol. The van der Waals surface area contributed by atoms with Gasteiger partial charge in [0, 0.05) is 0 Å². The maximum absolute atomic E-state index is 10.6. The summed E-state index contributed by atoms with van der Waals surface area (Å²) in [6, 6.07) is 0. The summed E-state index contributed by atoms with van der Waals surface area (Å²) in [5.74, 6) is 1.24. The second-order valence-electron chi connectivity index (χ2n) is 5.82. The lowest BCUT2D eigenvalue weighted by Crippen LogP contribution is -2.36. The summed E-state index contributed by atoms with van der Waals surface area (Å²) < 4.78 is 5.16. The van der Waals surface area contributed by atoms with Gasteiger partial charge in [-0.05, 0) is 69.1 Å². The van der Waals surface area contributed by atoms with Crippen LogP contribution in [0.25, 0.3) is 0 Å². The highest BCUT2D eigenvalue weighted by Crippen LogP contribution is 2.47. The van der Waals surface area contributed by atoms with E-state index >= 15 is 0 Å². The first-order valence-electron chi connectivity index (χ1n) is 6.83. The number of allylic oxidation sites excluding steroid dienone is 2. The highest BCUT2D eigenvalue weighted by Gasteiger charge is 2.39. The van der Waals surface area contributed by atoms with Gasteiger partial charge in [0.15, 0.2) is 0 Å². The molecule has 2 atom stereocenters. The fourth-order valence-corrected chi connectivity index (χ4v) is 3.31. The Labute approximate surface area is 110 Å². The van der Waals surface area contributed by atoms with Gasteiger partial charge in [-0.1, -0.05) is 12.2 Å². The van der Waals surface area contributed by atoms with Crippen molar-refractivity contribution < 1.29 is 9.84 Å². The minimum atomic E-state index is -0.744. The highest BCUT2D eigenvalue weighted by atomic mass is 16.5. The van der Waals surface area contributed by atoms with E-state index in [1.807, 2.05) is 13.0 Å². The minimum absolute atomic E-state index is 0.620. The molecule has 2 nitrogen and oxygen atoms in total. The van der Waals surface area contributed by atoms with Crippen LogP contribution in [0.4, 0.5) is 0 Å². The summed E-state index contributed by atoms with van der Waals surface area (Å²) in [6.07, 6.45) is 7.53. The lowest BCUT2D eigenvalue weighted by molar-refractivity contribution is 0.0694. The molecule has 2 heteroatoms. The Hall–Kier alpha value is -1.02. The molecule has 2 aliphatic carbocycles. The molecule has 0 unspecified atom stereocenters. The van der Waals surface area contributed by atoms with Gasteiger partial charge in [-0.25, -0.2) is 0 Å². The van der Waals surface area contributed by atoms with Gasteiger partial charge in [-0.15, -0.1) is 0 Å². The van der Waals surface area contributed by atoms with E-state index in [9.17, 15) is 5.11 Å². The summed E-state index contributed by atoms with van der Waals surface area (Å²) in [5, 5.41) is 10.6. The van der Waals surface area contributed by atoms with E-state index in [-0.39, 0.29) is 0 Å². The Bertz CT molecular complexity index is 413. The largest absolute Gasteiger partial charge is 0.497 e. The fourth-order valence-electron chi connectivity index (χ4n) is 3.31. The molecule has 0 bridgehead atoms. The van der Waals surface area contributed by atoms with E-state index in [0.717, 1.165) is 24.8 Å². The molecule has 0 aromatic carbocycles. The second kappa shape index (κ2) is 4.93. The Kier molecular flexibility index (Phi) is 3.67. The van der Waals surface area contributed by atoms with Crippen LogP contribution in [0, 0.1) is 5.92 Å². The Balaban J connectivity index is 2.47. The van der Waals surface area contributed by atoms with Crippen molar-refractivity contribution in [1.29, 1.82) is 0 Å². The van der Waals surface area contributed by atoms with Gasteiger partial charge < -0.3 is 9.84 Å². The van der Waals surface area contributed by atoms with Gasteiger partial charge in [-0.3, -0.25) is 0 Å². The van der Waals surface area contributed by atoms with Crippen molar-refractivity contribution in [3.8, 4) is 0 Å². The van der Waals surface area contributed by atoms with Crippen molar-refractivity contribution >= 4 is 0 Å². The number of hydrogen-bond donors (Lipinski definition) is 1. The number of aliphatic hydroxyl groups is 1. The van der Waals surface area contributed by atoms with Gasteiger partial charge >= 0.3 is 0 Å². The minimum Gasteiger partial charge on any atom is -0.497 e. The van der Waals surface area contributed by atoms with Crippen LogP contribution in [-0.2, 0) is 4.74 Å². The Morgan fingerprint density at radius 2 is 2.22 bits per heavy atom. The monoisotopic (exact) mass is 248 g/mol. The number of fused-ring (bicyclic) bond motifs is 1. The lowest BCUT2D eigenvalue weighted by atomic mass is 9.66. The summed E-state index contributed by atoms with van der Waals surface area (Å²) in [7, 11) is 1.62. The van der Waals surface area contributed by atoms with E-state index in [2.05, 4.69) is 13.5 Å². The van der Waals surface area contributed by atoms with Gasteiger partial charge in [0.05, 0.1) is 12.7 Å². The van der Waals surface area contributed by atoms with Gasteiger partial charge in [0.25, 0.3) is 0 Å². The number of methoxy groups -OCH3 is 1. The first kappa shape index (κ1) is 13.4. The molecule has 100 valence electrons. The molecule has 0 heterocycles. The molecule has 0 saturated heterocycles. The van der Waals surface area contributed by atoms with Crippen molar-refractivity contribution in [2.24, 2.45) is 5.92 Å². The van der Waals surface area contributed by atoms with Crippen LogP contribution in [0.5, 0.6) is 0 Å². The third kappa shape index (κ3) is 2.39. The van der Waals surface area contributed by atoms with Crippen molar-refractivity contribution in [1.82, 2.24) is 0 Å². The standard InChI is InChI=1S/C16H24O2/c1-11-6-5-7-13-8-9-16(3,17)14(15(11)13)10-12(2)18-4/h10,13,17H,2,5-9H2,1,3-4H3/b14-10+/t13-,16-/m0/s1. The second-order valence-corrected chi connectivity index (χ2v) is 5.82. The quantitative estimate of drug-likeness (QED) is 0.754. The molecule has 1 N–H and O–H groups in total. The van der Waals surface area contributed by atoms with Crippen LogP contribution in [0.1, 0.15) is 46.0 Å². The van der Waals surface area contributed by atoms with Crippen LogP contribution in [-0.4, -0.2) is 17.8 Å². The zero-order valence-electron chi connectivity index (χ0n) is 11.8. The third-order valence-corrected chi connectivity index (χ3v) is 4.39. The molecular formula is C16H24O2. The van der Waals surface area contributed by atoms with Crippen molar-refractivity contribution in [2.45, 2.75) is 51.6 Å². The van der Waals surface area contributed by atoms with Gasteiger partial charge in [0.1, 0.15) is 5.76 Å². The molecule has 1 fully saturated rings. The average Bonchev–Trinajstić information content (AvgIpc) is 2.33. The van der Waals surface area contributed by atoms with E-state index in [1.165, 1.54) is 24.0 Å². The Morgan fingerprint density at radius 3 is 2.89 bits per heavy atom. The van der Waals surface area contributed by atoms with Crippen LogP contribution in [0.15, 0.2) is 35.1 Å². The van der Waals surface area contributed by atoms with Crippen molar-refractivity contribution in [3.05, 3.63) is 35.1 Å².